The first-order chi connectivity index (χ1) is 10.0. The fourth-order valence-corrected chi connectivity index (χ4v) is 2.38. The minimum atomic E-state index is -0.997. The molecule has 0 saturated carbocycles. The molecule has 3 nitrogen and oxygen atoms in total. The molecule has 0 saturated heterocycles. The Morgan fingerprint density at radius 1 is 0.905 bits per heavy atom. The van der Waals surface area contributed by atoms with Crippen molar-refractivity contribution in [1.29, 1.82) is 0 Å². The predicted octanol–water partition coefficient (Wildman–Crippen LogP) is 3.54. The van der Waals surface area contributed by atoms with Crippen LogP contribution in [0.25, 0.3) is 11.1 Å². The Morgan fingerprint density at radius 3 is 1.90 bits per heavy atom. The Labute approximate surface area is 124 Å². The van der Waals surface area contributed by atoms with Crippen LogP contribution < -0.4 is 0 Å². The van der Waals surface area contributed by atoms with Crippen LogP contribution in [-0.4, -0.2) is 22.3 Å². The van der Waals surface area contributed by atoms with Crippen molar-refractivity contribution in [2.24, 2.45) is 5.92 Å². The number of aliphatic hydroxyl groups excluding tert-OH is 1. The fraction of sp³-hybridized carbons (Fsp3) is 0.278. The molecule has 2 unspecified atom stereocenters. The van der Waals surface area contributed by atoms with Crippen molar-refractivity contribution < 1.29 is 15.0 Å². The lowest BCUT2D eigenvalue weighted by Gasteiger charge is -2.22. The minimum absolute atomic E-state index is 0.111. The highest BCUT2D eigenvalue weighted by Gasteiger charge is 2.30. The lowest BCUT2D eigenvalue weighted by atomic mass is 9.86. The monoisotopic (exact) mass is 284 g/mol. The first-order valence-electron chi connectivity index (χ1n) is 7.07. The Morgan fingerprint density at radius 2 is 1.43 bits per heavy atom. The summed E-state index contributed by atoms with van der Waals surface area (Å²) < 4.78 is 0. The molecule has 2 aromatic rings. The second kappa shape index (κ2) is 6.55. The summed E-state index contributed by atoms with van der Waals surface area (Å²) in [6, 6.07) is 17.3. The van der Waals surface area contributed by atoms with Crippen molar-refractivity contribution in [2.45, 2.75) is 25.9 Å². The van der Waals surface area contributed by atoms with Crippen LogP contribution in [-0.2, 0) is 4.79 Å². The maximum atomic E-state index is 11.4. The van der Waals surface area contributed by atoms with E-state index in [0.717, 1.165) is 11.1 Å². The van der Waals surface area contributed by atoms with E-state index in [4.69, 9.17) is 0 Å². The molecule has 21 heavy (non-hydrogen) atoms. The molecule has 0 aliphatic carbocycles. The van der Waals surface area contributed by atoms with Crippen molar-refractivity contribution >= 4 is 5.97 Å². The maximum Gasteiger partial charge on any atom is 0.313 e. The summed E-state index contributed by atoms with van der Waals surface area (Å²) in [4.78, 5) is 11.4. The molecule has 2 N–H and O–H groups in total. The van der Waals surface area contributed by atoms with E-state index in [9.17, 15) is 15.0 Å². The Bertz CT molecular complexity index is 588. The number of benzene rings is 2. The van der Waals surface area contributed by atoms with Gasteiger partial charge < -0.3 is 10.2 Å². The van der Waals surface area contributed by atoms with E-state index >= 15 is 0 Å². The molecule has 0 radical (unpaired) electrons. The third kappa shape index (κ3) is 3.50. The highest BCUT2D eigenvalue weighted by Crippen LogP contribution is 2.27. The molecule has 0 spiro atoms. The highest BCUT2D eigenvalue weighted by molar-refractivity contribution is 5.77. The van der Waals surface area contributed by atoms with Crippen LogP contribution in [0, 0.1) is 5.92 Å². The first kappa shape index (κ1) is 15.3. The average molecular weight is 284 g/mol. The topological polar surface area (TPSA) is 57.5 Å². The zero-order valence-electron chi connectivity index (χ0n) is 12.2. The third-order valence-corrected chi connectivity index (χ3v) is 3.67. The molecule has 3 heteroatoms. The summed E-state index contributed by atoms with van der Waals surface area (Å²) in [5.74, 6) is -2.00. The van der Waals surface area contributed by atoms with Gasteiger partial charge in [0.2, 0.25) is 0 Å². The summed E-state index contributed by atoms with van der Waals surface area (Å²) >= 11 is 0. The fourth-order valence-electron chi connectivity index (χ4n) is 2.38. The van der Waals surface area contributed by atoms with Gasteiger partial charge in [-0.15, -0.1) is 0 Å². The molecule has 2 atom stereocenters. The summed E-state index contributed by atoms with van der Waals surface area (Å²) in [7, 11) is 0. The van der Waals surface area contributed by atoms with Gasteiger partial charge in [0.1, 0.15) is 5.92 Å². The van der Waals surface area contributed by atoms with Crippen molar-refractivity contribution in [1.82, 2.24) is 0 Å². The molecule has 0 aliphatic rings. The third-order valence-electron chi connectivity index (χ3n) is 3.67. The number of aliphatic carboxylic acids is 1. The van der Waals surface area contributed by atoms with Crippen LogP contribution in [0.15, 0.2) is 54.6 Å². The van der Waals surface area contributed by atoms with Crippen LogP contribution in [0.1, 0.15) is 25.3 Å². The van der Waals surface area contributed by atoms with E-state index < -0.39 is 18.0 Å². The standard InChI is InChI=1S/C18H20O3/c1-12(2)17(19)16(18(20)21)15-10-8-14(9-11-15)13-6-4-3-5-7-13/h3-12,16-17,19H,1-2H3,(H,20,21). The van der Waals surface area contributed by atoms with Gasteiger partial charge >= 0.3 is 5.97 Å². The predicted molar refractivity (Wildman–Crippen MR) is 83.1 cm³/mol. The van der Waals surface area contributed by atoms with Gasteiger partial charge in [0, 0.05) is 0 Å². The van der Waals surface area contributed by atoms with Crippen molar-refractivity contribution in [3.63, 3.8) is 0 Å². The zero-order chi connectivity index (χ0) is 15.4. The first-order valence-corrected chi connectivity index (χ1v) is 7.07. The normalized spacial score (nSPS) is 13.9. The molecular weight excluding hydrogens is 264 g/mol. The minimum Gasteiger partial charge on any atom is -0.481 e. The van der Waals surface area contributed by atoms with E-state index in [0.29, 0.717) is 5.56 Å². The van der Waals surface area contributed by atoms with Gasteiger partial charge in [-0.1, -0.05) is 68.4 Å². The molecule has 2 aromatic carbocycles. The smallest absolute Gasteiger partial charge is 0.313 e. The van der Waals surface area contributed by atoms with E-state index in [1.807, 2.05) is 56.3 Å². The maximum absolute atomic E-state index is 11.4. The summed E-state index contributed by atoms with van der Waals surface area (Å²) in [6.45, 7) is 3.64. The number of aliphatic hydroxyl groups is 1. The van der Waals surface area contributed by atoms with Crippen LogP contribution in [0.3, 0.4) is 0 Å². The number of carbonyl (C=O) groups is 1. The van der Waals surface area contributed by atoms with E-state index in [1.54, 1.807) is 12.1 Å². The molecule has 0 amide bonds. The molecule has 2 rings (SSSR count). The van der Waals surface area contributed by atoms with Crippen LogP contribution >= 0.6 is 0 Å². The van der Waals surface area contributed by atoms with Crippen molar-refractivity contribution in [3.05, 3.63) is 60.2 Å². The Kier molecular flexibility index (Phi) is 4.76. The number of rotatable bonds is 5. The molecule has 0 fully saturated rings. The van der Waals surface area contributed by atoms with Gasteiger partial charge in [0.15, 0.2) is 0 Å². The van der Waals surface area contributed by atoms with Gasteiger partial charge in [-0.2, -0.15) is 0 Å². The van der Waals surface area contributed by atoms with Crippen molar-refractivity contribution in [2.75, 3.05) is 0 Å². The summed E-state index contributed by atoms with van der Waals surface area (Å²) in [5, 5.41) is 19.5. The number of hydrogen-bond acceptors (Lipinski definition) is 2. The van der Waals surface area contributed by atoms with E-state index in [-0.39, 0.29) is 5.92 Å². The van der Waals surface area contributed by atoms with Crippen LogP contribution in [0.4, 0.5) is 0 Å². The number of carboxylic acids is 1. The quantitative estimate of drug-likeness (QED) is 0.883. The van der Waals surface area contributed by atoms with E-state index in [2.05, 4.69) is 0 Å². The van der Waals surface area contributed by atoms with Gasteiger partial charge in [0.25, 0.3) is 0 Å². The summed E-state index contributed by atoms with van der Waals surface area (Å²) in [5.41, 5.74) is 2.74. The number of carboxylic acid groups (broad SMARTS) is 1. The number of hydrogen-bond donors (Lipinski definition) is 2. The lowest BCUT2D eigenvalue weighted by Crippen LogP contribution is -2.30. The van der Waals surface area contributed by atoms with Gasteiger partial charge in [-0.05, 0) is 22.6 Å². The highest BCUT2D eigenvalue weighted by atomic mass is 16.4. The second-order valence-electron chi connectivity index (χ2n) is 5.54. The van der Waals surface area contributed by atoms with Gasteiger partial charge in [0.05, 0.1) is 6.10 Å². The zero-order valence-corrected chi connectivity index (χ0v) is 12.2. The van der Waals surface area contributed by atoms with Crippen LogP contribution in [0.5, 0.6) is 0 Å². The average Bonchev–Trinajstić information content (AvgIpc) is 2.48. The largest absolute Gasteiger partial charge is 0.481 e. The molecule has 0 aromatic heterocycles. The molecular formula is C18H20O3. The van der Waals surface area contributed by atoms with E-state index in [1.165, 1.54) is 0 Å². The van der Waals surface area contributed by atoms with Crippen LogP contribution in [0.2, 0.25) is 0 Å². The lowest BCUT2D eigenvalue weighted by molar-refractivity contribution is -0.142. The summed E-state index contributed by atoms with van der Waals surface area (Å²) in [6.07, 6.45) is -0.898. The van der Waals surface area contributed by atoms with Gasteiger partial charge in [-0.3, -0.25) is 4.79 Å². The van der Waals surface area contributed by atoms with Crippen molar-refractivity contribution in [3.8, 4) is 11.1 Å². The second-order valence-corrected chi connectivity index (χ2v) is 5.54. The molecule has 0 heterocycles. The Balaban J connectivity index is 2.30. The Hall–Kier alpha value is -2.13. The van der Waals surface area contributed by atoms with Gasteiger partial charge in [-0.25, -0.2) is 0 Å². The molecule has 0 bridgehead atoms. The molecule has 110 valence electrons. The SMILES string of the molecule is CC(C)C(O)C(C(=O)O)c1ccc(-c2ccccc2)cc1. The molecule has 0 aliphatic heterocycles.